The highest BCUT2D eigenvalue weighted by molar-refractivity contribution is 5.76. The molecule has 0 atom stereocenters. The molecule has 0 bridgehead atoms. The van der Waals surface area contributed by atoms with Crippen LogP contribution in [0.25, 0.3) is 0 Å². The Morgan fingerprint density at radius 1 is 1.19 bits per heavy atom. The van der Waals surface area contributed by atoms with E-state index in [1.807, 2.05) is 17.0 Å². The van der Waals surface area contributed by atoms with Crippen molar-refractivity contribution in [3.63, 3.8) is 0 Å². The summed E-state index contributed by atoms with van der Waals surface area (Å²) in [6, 6.07) is 8.24. The van der Waals surface area contributed by atoms with Crippen molar-refractivity contribution in [2.24, 2.45) is 0 Å². The number of methoxy groups -OCH3 is 2. The molecule has 0 spiro atoms. The molecule has 0 radical (unpaired) electrons. The van der Waals surface area contributed by atoms with E-state index in [0.717, 1.165) is 19.3 Å². The van der Waals surface area contributed by atoms with Gasteiger partial charge in [0.1, 0.15) is 0 Å². The van der Waals surface area contributed by atoms with E-state index in [-0.39, 0.29) is 5.91 Å². The van der Waals surface area contributed by atoms with Gasteiger partial charge in [-0.25, -0.2) is 0 Å². The van der Waals surface area contributed by atoms with Gasteiger partial charge in [-0.1, -0.05) is 24.3 Å². The fourth-order valence-electron chi connectivity index (χ4n) is 2.88. The van der Waals surface area contributed by atoms with Crippen molar-refractivity contribution in [3.05, 3.63) is 35.4 Å². The van der Waals surface area contributed by atoms with Crippen LogP contribution in [-0.4, -0.2) is 43.9 Å². The average Bonchev–Trinajstić information content (AvgIpc) is 2.54. The Bertz CT molecular complexity index is 473. The van der Waals surface area contributed by atoms with Crippen LogP contribution in [-0.2, 0) is 20.7 Å². The van der Waals surface area contributed by atoms with Crippen molar-refractivity contribution in [1.82, 2.24) is 4.90 Å². The maximum absolute atomic E-state index is 12.3. The van der Waals surface area contributed by atoms with Gasteiger partial charge in [0.05, 0.1) is 0 Å². The van der Waals surface area contributed by atoms with E-state index in [2.05, 4.69) is 19.1 Å². The number of carbonyl (C=O) groups is 1. The third-order valence-electron chi connectivity index (χ3n) is 4.49. The van der Waals surface area contributed by atoms with Crippen LogP contribution in [0.3, 0.4) is 0 Å². The van der Waals surface area contributed by atoms with Gasteiger partial charge < -0.3 is 14.4 Å². The Morgan fingerprint density at radius 2 is 1.81 bits per heavy atom. The van der Waals surface area contributed by atoms with Crippen LogP contribution in [0.1, 0.15) is 30.4 Å². The van der Waals surface area contributed by atoms with Gasteiger partial charge in [0, 0.05) is 46.6 Å². The van der Waals surface area contributed by atoms with Gasteiger partial charge in [-0.3, -0.25) is 4.79 Å². The van der Waals surface area contributed by atoms with Crippen molar-refractivity contribution in [1.29, 1.82) is 0 Å². The molecule has 2 rings (SSSR count). The summed E-state index contributed by atoms with van der Waals surface area (Å²) >= 11 is 0. The summed E-state index contributed by atoms with van der Waals surface area (Å²) in [5, 5.41) is 0. The van der Waals surface area contributed by atoms with Crippen LogP contribution in [0.2, 0.25) is 0 Å². The van der Waals surface area contributed by atoms with Gasteiger partial charge in [0.2, 0.25) is 5.91 Å². The highest BCUT2D eigenvalue weighted by Gasteiger charge is 2.35. The number of piperidine rings is 1. The highest BCUT2D eigenvalue weighted by Crippen LogP contribution is 2.26. The van der Waals surface area contributed by atoms with Crippen molar-refractivity contribution in [3.8, 4) is 0 Å². The number of benzene rings is 1. The van der Waals surface area contributed by atoms with Gasteiger partial charge in [-0.15, -0.1) is 0 Å². The number of nitrogens with zero attached hydrogens (tertiary/aromatic N) is 1. The second-order valence-electron chi connectivity index (χ2n) is 5.63. The molecule has 116 valence electrons. The summed E-state index contributed by atoms with van der Waals surface area (Å²) in [5.74, 6) is -0.286. The first-order chi connectivity index (χ1) is 10.1. The summed E-state index contributed by atoms with van der Waals surface area (Å²) in [6.07, 6.45) is 2.84. The molecule has 1 aromatic carbocycles. The normalized spacial score (nSPS) is 17.8. The Labute approximate surface area is 127 Å². The zero-order valence-electron chi connectivity index (χ0n) is 13.2. The van der Waals surface area contributed by atoms with Gasteiger partial charge >= 0.3 is 0 Å². The molecule has 1 aliphatic rings. The van der Waals surface area contributed by atoms with Crippen molar-refractivity contribution >= 4 is 5.91 Å². The van der Waals surface area contributed by atoms with Crippen molar-refractivity contribution in [2.45, 2.75) is 38.4 Å². The minimum atomic E-state index is -0.507. The zero-order chi connectivity index (χ0) is 15.3. The summed E-state index contributed by atoms with van der Waals surface area (Å²) in [6.45, 7) is 3.49. The van der Waals surface area contributed by atoms with E-state index in [1.54, 1.807) is 14.2 Å². The molecule has 0 N–H and O–H groups in total. The summed E-state index contributed by atoms with van der Waals surface area (Å²) in [4.78, 5) is 14.2. The molecule has 0 aromatic heterocycles. The van der Waals surface area contributed by atoms with Crippen LogP contribution in [0.5, 0.6) is 0 Å². The van der Waals surface area contributed by atoms with Crippen LogP contribution >= 0.6 is 0 Å². The predicted octanol–water partition coefficient (Wildman–Crippen LogP) is 2.54. The summed E-state index contributed by atoms with van der Waals surface area (Å²) in [7, 11) is 3.33. The number of likely N-dealkylation sites (tertiary alicyclic amines) is 1. The number of aryl methyl sites for hydroxylation is 2. The molecule has 1 amide bonds. The molecular weight excluding hydrogens is 266 g/mol. The van der Waals surface area contributed by atoms with Gasteiger partial charge in [-0.05, 0) is 24.5 Å². The standard InChI is InChI=1S/C17H25NO3/c1-14-6-4-5-7-15(14)8-9-16(19)18-12-10-17(20-2,21-3)11-13-18/h4-7H,8-13H2,1-3H3. The van der Waals surface area contributed by atoms with Gasteiger partial charge in [0.15, 0.2) is 5.79 Å². The zero-order valence-corrected chi connectivity index (χ0v) is 13.2. The van der Waals surface area contributed by atoms with Crippen LogP contribution < -0.4 is 0 Å². The van der Waals surface area contributed by atoms with E-state index in [4.69, 9.17) is 9.47 Å². The molecule has 4 heteroatoms. The maximum Gasteiger partial charge on any atom is 0.222 e. The van der Waals surface area contributed by atoms with E-state index in [9.17, 15) is 4.79 Å². The monoisotopic (exact) mass is 291 g/mol. The molecule has 0 unspecified atom stereocenters. The quantitative estimate of drug-likeness (QED) is 0.783. The molecular formula is C17H25NO3. The van der Waals surface area contributed by atoms with E-state index >= 15 is 0 Å². The highest BCUT2D eigenvalue weighted by atomic mass is 16.7. The number of rotatable bonds is 5. The lowest BCUT2D eigenvalue weighted by Gasteiger charge is -2.39. The van der Waals surface area contributed by atoms with Crippen LogP contribution in [0, 0.1) is 6.92 Å². The molecule has 1 heterocycles. The Balaban J connectivity index is 1.84. The first kappa shape index (κ1) is 16.0. The van der Waals surface area contributed by atoms with Gasteiger partial charge in [0.25, 0.3) is 0 Å². The lowest BCUT2D eigenvalue weighted by molar-refractivity contribution is -0.228. The smallest absolute Gasteiger partial charge is 0.222 e. The Hall–Kier alpha value is -1.39. The number of hydrogen-bond donors (Lipinski definition) is 0. The fraction of sp³-hybridized carbons (Fsp3) is 0.588. The Kier molecular flexibility index (Phi) is 5.37. The van der Waals surface area contributed by atoms with Gasteiger partial charge in [-0.2, -0.15) is 0 Å². The molecule has 1 saturated heterocycles. The number of ether oxygens (including phenoxy) is 2. The molecule has 21 heavy (non-hydrogen) atoms. The second kappa shape index (κ2) is 7.05. The molecule has 1 fully saturated rings. The summed E-state index contributed by atoms with van der Waals surface area (Å²) < 4.78 is 10.9. The minimum absolute atomic E-state index is 0.221. The van der Waals surface area contributed by atoms with Crippen molar-refractivity contribution < 1.29 is 14.3 Å². The fourth-order valence-corrected chi connectivity index (χ4v) is 2.88. The maximum atomic E-state index is 12.3. The SMILES string of the molecule is COC1(OC)CCN(C(=O)CCc2ccccc2C)CC1. The molecule has 0 aliphatic carbocycles. The Morgan fingerprint density at radius 3 is 2.38 bits per heavy atom. The second-order valence-corrected chi connectivity index (χ2v) is 5.63. The lowest BCUT2D eigenvalue weighted by atomic mass is 10.0. The molecule has 0 saturated carbocycles. The van der Waals surface area contributed by atoms with Crippen LogP contribution in [0.15, 0.2) is 24.3 Å². The number of carbonyl (C=O) groups excluding carboxylic acids is 1. The molecule has 4 nitrogen and oxygen atoms in total. The molecule has 1 aromatic rings. The summed E-state index contributed by atoms with van der Waals surface area (Å²) in [5.41, 5.74) is 2.51. The van der Waals surface area contributed by atoms with E-state index in [1.165, 1.54) is 11.1 Å². The first-order valence-electron chi connectivity index (χ1n) is 7.53. The third-order valence-corrected chi connectivity index (χ3v) is 4.49. The predicted molar refractivity (Wildman–Crippen MR) is 82.1 cm³/mol. The average molecular weight is 291 g/mol. The lowest BCUT2D eigenvalue weighted by Crippen LogP contribution is -2.48. The largest absolute Gasteiger partial charge is 0.353 e. The van der Waals surface area contributed by atoms with E-state index in [0.29, 0.717) is 19.5 Å². The third kappa shape index (κ3) is 3.83. The number of hydrogen-bond acceptors (Lipinski definition) is 3. The van der Waals surface area contributed by atoms with E-state index < -0.39 is 5.79 Å². The van der Waals surface area contributed by atoms with Crippen LogP contribution in [0.4, 0.5) is 0 Å². The minimum Gasteiger partial charge on any atom is -0.353 e. The topological polar surface area (TPSA) is 38.8 Å². The van der Waals surface area contributed by atoms with Crippen molar-refractivity contribution in [2.75, 3.05) is 27.3 Å². The first-order valence-corrected chi connectivity index (χ1v) is 7.53. The number of amides is 1. The molecule has 1 aliphatic heterocycles.